The molecule has 5 rings (SSSR count). The summed E-state index contributed by atoms with van der Waals surface area (Å²) in [6, 6.07) is 4.42. The molecule has 3 fully saturated rings. The molecule has 176 valence electrons. The Labute approximate surface area is 193 Å². The van der Waals surface area contributed by atoms with Crippen molar-refractivity contribution in [2.45, 2.75) is 65.3 Å². The van der Waals surface area contributed by atoms with Crippen LogP contribution in [0.1, 0.15) is 63.5 Å². The predicted molar refractivity (Wildman–Crippen MR) is 127 cm³/mol. The predicted octanol–water partition coefficient (Wildman–Crippen LogP) is 5.25. The van der Waals surface area contributed by atoms with Gasteiger partial charge in [-0.2, -0.15) is 0 Å². The maximum absolute atomic E-state index is 13.7. The zero-order valence-corrected chi connectivity index (χ0v) is 20.6. The summed E-state index contributed by atoms with van der Waals surface area (Å²) >= 11 is 0. The molecular weight excluding hydrogens is 402 g/mol. The van der Waals surface area contributed by atoms with Gasteiger partial charge in [0.05, 0.1) is 21.3 Å². The van der Waals surface area contributed by atoms with Gasteiger partial charge < -0.3 is 14.2 Å². The molecule has 4 bridgehead atoms. The minimum Gasteiger partial charge on any atom is -0.493 e. The Morgan fingerprint density at radius 2 is 1.88 bits per heavy atom. The molecule has 32 heavy (non-hydrogen) atoms. The first kappa shape index (κ1) is 23.2. The molecule has 3 heterocycles. The third-order valence-corrected chi connectivity index (χ3v) is 8.27. The van der Waals surface area contributed by atoms with Gasteiger partial charge in [-0.05, 0) is 78.8 Å². The van der Waals surface area contributed by atoms with Crippen molar-refractivity contribution in [2.75, 3.05) is 34.4 Å². The average molecular weight is 442 g/mol. The summed E-state index contributed by atoms with van der Waals surface area (Å²) in [5.74, 6) is 2.55. The fourth-order valence-corrected chi connectivity index (χ4v) is 7.15. The van der Waals surface area contributed by atoms with Gasteiger partial charge in [0.1, 0.15) is 5.41 Å². The highest BCUT2D eigenvalue weighted by atomic mass is 16.5. The van der Waals surface area contributed by atoms with Gasteiger partial charge in [-0.1, -0.05) is 26.7 Å². The second-order valence-corrected chi connectivity index (χ2v) is 9.86. The van der Waals surface area contributed by atoms with E-state index < -0.39 is 5.41 Å². The Bertz CT molecular complexity index is 907. The standard InChI is InChI=1S/C27H39NO4/c1-7-9-22-20(21-14-24(31-5)23(30-4)12-17(21)3)10-11-28-16-18-13-19(8-2)25(28)27(22,15-18)26(29)32-6/h12,14,18-19,25H,7-11,13,15-16H2,1-6H3. The Balaban J connectivity index is 1.99. The SMILES string of the molecule is CCCC1=C(c2cc(OC)c(OC)cc2C)CCN2CC3CC(CC)C2C1(C(=O)OC)C3. The normalized spacial score (nSPS) is 31.3. The molecule has 0 spiro atoms. The van der Waals surface area contributed by atoms with Crippen LogP contribution in [0, 0.1) is 24.2 Å². The van der Waals surface area contributed by atoms with Crippen molar-refractivity contribution in [3.05, 3.63) is 28.8 Å². The van der Waals surface area contributed by atoms with Gasteiger partial charge in [-0.3, -0.25) is 9.69 Å². The van der Waals surface area contributed by atoms with E-state index in [2.05, 4.69) is 37.8 Å². The number of carbonyl (C=O) groups excluding carboxylic acids is 1. The van der Waals surface area contributed by atoms with Crippen LogP contribution in [-0.4, -0.2) is 51.3 Å². The summed E-state index contributed by atoms with van der Waals surface area (Å²) < 4.78 is 16.8. The van der Waals surface area contributed by atoms with Crippen molar-refractivity contribution in [1.29, 1.82) is 0 Å². The monoisotopic (exact) mass is 441 g/mol. The van der Waals surface area contributed by atoms with Crippen molar-refractivity contribution < 1.29 is 19.0 Å². The van der Waals surface area contributed by atoms with Crippen molar-refractivity contribution in [1.82, 2.24) is 4.90 Å². The van der Waals surface area contributed by atoms with E-state index in [1.807, 2.05) is 0 Å². The number of benzene rings is 1. The lowest BCUT2D eigenvalue weighted by Gasteiger charge is -2.59. The van der Waals surface area contributed by atoms with Gasteiger partial charge >= 0.3 is 5.97 Å². The van der Waals surface area contributed by atoms with Crippen molar-refractivity contribution >= 4 is 11.5 Å². The summed E-state index contributed by atoms with van der Waals surface area (Å²) in [6.07, 6.45) is 6.15. The minimum atomic E-state index is -0.544. The first-order valence-corrected chi connectivity index (χ1v) is 12.2. The summed E-state index contributed by atoms with van der Waals surface area (Å²) in [5, 5.41) is 0. The highest BCUT2D eigenvalue weighted by molar-refractivity contribution is 5.88. The Hall–Kier alpha value is -2.01. The summed E-state index contributed by atoms with van der Waals surface area (Å²) in [4.78, 5) is 16.4. The number of methoxy groups -OCH3 is 3. The highest BCUT2D eigenvalue weighted by Crippen LogP contribution is 2.59. The molecule has 0 amide bonds. The number of esters is 1. The number of hydrogen-bond acceptors (Lipinski definition) is 5. The van der Waals surface area contributed by atoms with E-state index in [-0.39, 0.29) is 12.0 Å². The van der Waals surface area contributed by atoms with Gasteiger partial charge in [-0.15, -0.1) is 0 Å². The van der Waals surface area contributed by atoms with Crippen LogP contribution in [0.15, 0.2) is 17.7 Å². The minimum absolute atomic E-state index is 0.0312. The zero-order chi connectivity index (χ0) is 23.0. The van der Waals surface area contributed by atoms with E-state index in [0.717, 1.165) is 62.3 Å². The van der Waals surface area contributed by atoms with Gasteiger partial charge in [0.25, 0.3) is 0 Å². The van der Waals surface area contributed by atoms with Crippen molar-refractivity contribution in [3.63, 3.8) is 0 Å². The third-order valence-electron chi connectivity index (χ3n) is 8.27. The number of rotatable bonds is 7. The molecule has 1 aliphatic carbocycles. The average Bonchev–Trinajstić information content (AvgIpc) is 2.91. The fourth-order valence-electron chi connectivity index (χ4n) is 7.15. The molecule has 5 unspecified atom stereocenters. The topological polar surface area (TPSA) is 48.0 Å². The lowest BCUT2D eigenvalue weighted by Crippen LogP contribution is -2.65. The maximum atomic E-state index is 13.7. The van der Waals surface area contributed by atoms with E-state index >= 15 is 0 Å². The summed E-state index contributed by atoms with van der Waals surface area (Å²) in [5.41, 5.74) is 4.44. The van der Waals surface area contributed by atoms with Crippen LogP contribution in [0.4, 0.5) is 0 Å². The van der Waals surface area contributed by atoms with E-state index in [4.69, 9.17) is 14.2 Å². The van der Waals surface area contributed by atoms with Crippen LogP contribution in [-0.2, 0) is 9.53 Å². The number of fused-ring (bicyclic) bond motifs is 1. The Kier molecular flexibility index (Phi) is 6.58. The summed E-state index contributed by atoms with van der Waals surface area (Å²) in [7, 11) is 4.93. The molecule has 5 atom stereocenters. The number of hydrogen-bond donors (Lipinski definition) is 0. The second-order valence-electron chi connectivity index (χ2n) is 9.86. The highest BCUT2D eigenvalue weighted by Gasteiger charge is 2.62. The smallest absolute Gasteiger partial charge is 0.317 e. The molecule has 5 nitrogen and oxygen atoms in total. The van der Waals surface area contributed by atoms with E-state index in [0.29, 0.717) is 11.8 Å². The van der Waals surface area contributed by atoms with Crippen molar-refractivity contribution in [3.8, 4) is 11.5 Å². The van der Waals surface area contributed by atoms with Crippen LogP contribution in [0.5, 0.6) is 11.5 Å². The van der Waals surface area contributed by atoms with Crippen LogP contribution >= 0.6 is 0 Å². The number of aryl methyl sites for hydroxylation is 1. The number of nitrogens with zero attached hydrogens (tertiary/aromatic N) is 1. The molecule has 0 aromatic heterocycles. The molecule has 5 heteroatoms. The third kappa shape index (κ3) is 3.44. The quantitative estimate of drug-likeness (QED) is 0.541. The van der Waals surface area contributed by atoms with Crippen LogP contribution < -0.4 is 9.47 Å². The molecule has 0 N–H and O–H groups in total. The van der Waals surface area contributed by atoms with Crippen LogP contribution in [0.25, 0.3) is 5.57 Å². The van der Waals surface area contributed by atoms with E-state index in [1.54, 1.807) is 21.3 Å². The van der Waals surface area contributed by atoms with Gasteiger partial charge in [0.15, 0.2) is 11.5 Å². The molecule has 1 aromatic rings. The molecule has 0 radical (unpaired) electrons. The Morgan fingerprint density at radius 3 is 2.50 bits per heavy atom. The molecule has 1 aromatic carbocycles. The first-order valence-electron chi connectivity index (χ1n) is 12.2. The van der Waals surface area contributed by atoms with Crippen LogP contribution in [0.3, 0.4) is 0 Å². The largest absolute Gasteiger partial charge is 0.493 e. The van der Waals surface area contributed by atoms with Gasteiger partial charge in [-0.25, -0.2) is 0 Å². The fraction of sp³-hybridized carbons (Fsp3) is 0.667. The molecule has 3 aliphatic heterocycles. The van der Waals surface area contributed by atoms with E-state index in [1.165, 1.54) is 23.1 Å². The number of carbonyl (C=O) groups is 1. The van der Waals surface area contributed by atoms with Crippen LogP contribution in [0.2, 0.25) is 0 Å². The number of ether oxygens (including phenoxy) is 3. The molecule has 1 saturated carbocycles. The Morgan fingerprint density at radius 1 is 1.16 bits per heavy atom. The molecule has 2 saturated heterocycles. The maximum Gasteiger partial charge on any atom is 0.317 e. The lowest BCUT2D eigenvalue weighted by molar-refractivity contribution is -0.169. The zero-order valence-electron chi connectivity index (χ0n) is 20.6. The molecule has 4 aliphatic rings. The molecular formula is C27H39NO4. The lowest BCUT2D eigenvalue weighted by atomic mass is 9.54. The van der Waals surface area contributed by atoms with Gasteiger partial charge in [0, 0.05) is 19.1 Å². The number of piperidine rings is 2. The van der Waals surface area contributed by atoms with Gasteiger partial charge in [0.2, 0.25) is 0 Å². The first-order chi connectivity index (χ1) is 15.4. The van der Waals surface area contributed by atoms with Crippen molar-refractivity contribution in [2.24, 2.45) is 17.3 Å². The van der Waals surface area contributed by atoms with E-state index in [9.17, 15) is 4.79 Å². The second kappa shape index (κ2) is 9.09. The summed E-state index contributed by atoms with van der Waals surface area (Å²) in [6.45, 7) is 8.74.